The zero-order valence-electron chi connectivity index (χ0n) is 10.2. The zero-order chi connectivity index (χ0) is 13.1. The maximum atomic E-state index is 6.08. The monoisotopic (exact) mass is 284 g/mol. The number of benzene rings is 1. The van der Waals surface area contributed by atoms with Crippen molar-refractivity contribution in [1.82, 2.24) is 9.78 Å². The second-order valence-corrected chi connectivity index (χ2v) is 5.04. The van der Waals surface area contributed by atoms with Crippen LogP contribution in [0.2, 0.25) is 10.0 Å². The van der Waals surface area contributed by atoms with Crippen LogP contribution in [0.3, 0.4) is 0 Å². The molecule has 5 heteroatoms. The molecule has 18 heavy (non-hydrogen) atoms. The number of ether oxygens (including phenoxy) is 1. The molecule has 1 heterocycles. The Bertz CT molecular complexity index is 538. The number of nitrogens with zero attached hydrogens (tertiary/aromatic N) is 2. The Hall–Kier alpha value is -1.19. The third-order valence-corrected chi connectivity index (χ3v) is 3.39. The lowest BCUT2D eigenvalue weighted by Gasteiger charge is -2.07. The number of rotatable bonds is 4. The molecule has 2 rings (SSSR count). The van der Waals surface area contributed by atoms with E-state index in [0.29, 0.717) is 22.7 Å². The average Bonchev–Trinajstić information content (AvgIpc) is 2.80. The molecule has 0 saturated carbocycles. The maximum absolute atomic E-state index is 6.08. The van der Waals surface area contributed by atoms with Gasteiger partial charge in [0.15, 0.2) is 5.75 Å². The van der Waals surface area contributed by atoms with Crippen LogP contribution >= 0.6 is 23.2 Å². The van der Waals surface area contributed by atoms with Crippen LogP contribution in [0.25, 0.3) is 0 Å². The summed E-state index contributed by atoms with van der Waals surface area (Å²) >= 11 is 12.0. The molecular formula is C13H14Cl2N2O. The van der Waals surface area contributed by atoms with Gasteiger partial charge in [-0.2, -0.15) is 5.10 Å². The van der Waals surface area contributed by atoms with Crippen molar-refractivity contribution >= 4 is 23.2 Å². The third kappa shape index (κ3) is 2.98. The van der Waals surface area contributed by atoms with E-state index < -0.39 is 0 Å². The lowest BCUT2D eigenvalue weighted by Crippen LogP contribution is -2.00. The summed E-state index contributed by atoms with van der Waals surface area (Å²) in [5, 5.41) is 5.28. The second-order valence-electron chi connectivity index (χ2n) is 4.25. The summed E-state index contributed by atoms with van der Waals surface area (Å²) in [6.07, 6.45) is 3.56. The average molecular weight is 285 g/mol. The van der Waals surface area contributed by atoms with Crippen molar-refractivity contribution in [2.45, 2.75) is 26.5 Å². The molecule has 1 aromatic heterocycles. The first-order valence-corrected chi connectivity index (χ1v) is 6.43. The van der Waals surface area contributed by atoms with E-state index in [1.807, 2.05) is 23.0 Å². The second kappa shape index (κ2) is 5.63. The number of hydrogen-bond acceptors (Lipinski definition) is 2. The third-order valence-electron chi connectivity index (χ3n) is 2.53. The fraction of sp³-hybridized carbons (Fsp3) is 0.308. The van der Waals surface area contributed by atoms with Crippen molar-refractivity contribution in [2.75, 3.05) is 0 Å². The summed E-state index contributed by atoms with van der Waals surface area (Å²) in [5.41, 5.74) is 0.862. The molecule has 1 aromatic carbocycles. The van der Waals surface area contributed by atoms with Crippen LogP contribution in [0.5, 0.6) is 5.75 Å². The van der Waals surface area contributed by atoms with Crippen LogP contribution in [0.15, 0.2) is 30.6 Å². The minimum absolute atomic E-state index is 0.317. The van der Waals surface area contributed by atoms with Gasteiger partial charge < -0.3 is 4.74 Å². The summed E-state index contributed by atoms with van der Waals surface area (Å²) in [5.74, 6) is 0.722. The van der Waals surface area contributed by atoms with E-state index in [1.165, 1.54) is 0 Å². The molecule has 0 saturated heterocycles. The van der Waals surface area contributed by atoms with E-state index in [2.05, 4.69) is 18.9 Å². The highest BCUT2D eigenvalue weighted by molar-refractivity contribution is 6.42. The van der Waals surface area contributed by atoms with Crippen LogP contribution < -0.4 is 4.74 Å². The summed E-state index contributed by atoms with van der Waals surface area (Å²) in [6.45, 7) is 4.50. The fourth-order valence-electron chi connectivity index (χ4n) is 1.50. The van der Waals surface area contributed by atoms with Gasteiger partial charge in [0.25, 0.3) is 0 Å². The van der Waals surface area contributed by atoms with Crippen molar-refractivity contribution in [3.05, 3.63) is 46.2 Å². The molecule has 0 radical (unpaired) electrons. The molecule has 0 unspecified atom stereocenters. The van der Waals surface area contributed by atoms with Crippen LogP contribution in [0.1, 0.15) is 25.5 Å². The van der Waals surface area contributed by atoms with Gasteiger partial charge in [0.2, 0.25) is 0 Å². The Labute approximate surface area is 116 Å². The minimum Gasteiger partial charge on any atom is -0.486 e. The van der Waals surface area contributed by atoms with Gasteiger partial charge in [0, 0.05) is 11.6 Å². The topological polar surface area (TPSA) is 27.1 Å². The molecule has 0 N–H and O–H groups in total. The highest BCUT2D eigenvalue weighted by Gasteiger charge is 2.06. The summed E-state index contributed by atoms with van der Waals surface area (Å²) < 4.78 is 7.47. The first-order valence-electron chi connectivity index (χ1n) is 5.67. The van der Waals surface area contributed by atoms with E-state index in [1.54, 1.807) is 12.3 Å². The van der Waals surface area contributed by atoms with Crippen LogP contribution in [0.4, 0.5) is 0 Å². The summed E-state index contributed by atoms with van der Waals surface area (Å²) in [7, 11) is 0. The van der Waals surface area contributed by atoms with Crippen LogP contribution in [-0.2, 0) is 6.61 Å². The van der Waals surface area contributed by atoms with Gasteiger partial charge in [-0.15, -0.1) is 0 Å². The SMILES string of the molecule is CC(C)n1cc(OCc2cccc(Cl)c2Cl)cn1. The quantitative estimate of drug-likeness (QED) is 0.835. The van der Waals surface area contributed by atoms with Crippen molar-refractivity contribution in [3.8, 4) is 5.75 Å². The van der Waals surface area contributed by atoms with E-state index >= 15 is 0 Å². The molecule has 0 atom stereocenters. The minimum atomic E-state index is 0.317. The van der Waals surface area contributed by atoms with Crippen molar-refractivity contribution in [3.63, 3.8) is 0 Å². The van der Waals surface area contributed by atoms with E-state index in [0.717, 1.165) is 11.3 Å². The largest absolute Gasteiger partial charge is 0.486 e. The molecule has 2 aromatic rings. The smallest absolute Gasteiger partial charge is 0.157 e. The Morgan fingerprint density at radius 1 is 1.33 bits per heavy atom. The molecule has 0 bridgehead atoms. The lowest BCUT2D eigenvalue weighted by atomic mass is 10.2. The van der Waals surface area contributed by atoms with Crippen molar-refractivity contribution < 1.29 is 4.74 Å². The van der Waals surface area contributed by atoms with Gasteiger partial charge in [-0.1, -0.05) is 35.3 Å². The van der Waals surface area contributed by atoms with Gasteiger partial charge in [-0.05, 0) is 19.9 Å². The van der Waals surface area contributed by atoms with Crippen molar-refractivity contribution in [2.24, 2.45) is 0 Å². The highest BCUT2D eigenvalue weighted by Crippen LogP contribution is 2.26. The Kier molecular flexibility index (Phi) is 4.15. The number of aromatic nitrogens is 2. The Morgan fingerprint density at radius 2 is 2.11 bits per heavy atom. The van der Waals surface area contributed by atoms with Gasteiger partial charge in [0.1, 0.15) is 6.61 Å². The molecule has 0 amide bonds. The van der Waals surface area contributed by atoms with Gasteiger partial charge in [-0.3, -0.25) is 4.68 Å². The molecule has 0 aliphatic carbocycles. The molecule has 0 aliphatic rings. The predicted octanol–water partition coefficient (Wildman–Crippen LogP) is 4.35. The first-order chi connectivity index (χ1) is 8.58. The van der Waals surface area contributed by atoms with E-state index in [-0.39, 0.29) is 0 Å². The summed E-state index contributed by atoms with van der Waals surface area (Å²) in [6, 6.07) is 5.81. The normalized spacial score (nSPS) is 10.9. The lowest BCUT2D eigenvalue weighted by molar-refractivity contribution is 0.305. The van der Waals surface area contributed by atoms with Crippen LogP contribution in [0, 0.1) is 0 Å². The Morgan fingerprint density at radius 3 is 2.78 bits per heavy atom. The fourth-order valence-corrected chi connectivity index (χ4v) is 1.87. The van der Waals surface area contributed by atoms with Crippen LogP contribution in [-0.4, -0.2) is 9.78 Å². The molecule has 96 valence electrons. The van der Waals surface area contributed by atoms with E-state index in [4.69, 9.17) is 27.9 Å². The maximum Gasteiger partial charge on any atom is 0.157 e. The van der Waals surface area contributed by atoms with Gasteiger partial charge in [-0.25, -0.2) is 0 Å². The molecular weight excluding hydrogens is 271 g/mol. The molecule has 3 nitrogen and oxygen atoms in total. The number of hydrogen-bond donors (Lipinski definition) is 0. The van der Waals surface area contributed by atoms with Gasteiger partial charge in [0.05, 0.1) is 22.4 Å². The number of halogens is 2. The highest BCUT2D eigenvalue weighted by atomic mass is 35.5. The van der Waals surface area contributed by atoms with Crippen molar-refractivity contribution in [1.29, 1.82) is 0 Å². The predicted molar refractivity (Wildman–Crippen MR) is 73.4 cm³/mol. The molecule has 0 spiro atoms. The first kappa shape index (κ1) is 13.2. The van der Waals surface area contributed by atoms with Gasteiger partial charge >= 0.3 is 0 Å². The molecule has 0 fully saturated rings. The molecule has 0 aliphatic heterocycles. The van der Waals surface area contributed by atoms with E-state index in [9.17, 15) is 0 Å². The Balaban J connectivity index is 2.04. The zero-order valence-corrected chi connectivity index (χ0v) is 11.7. The summed E-state index contributed by atoms with van der Waals surface area (Å²) in [4.78, 5) is 0. The standard InChI is InChI=1S/C13H14Cl2N2O/c1-9(2)17-7-11(6-16-17)18-8-10-4-3-5-12(14)13(10)15/h3-7,9H,8H2,1-2H3.